The number of aryl methyl sites for hydroxylation is 2. The Hall–Kier alpha value is -2.09. The predicted octanol–water partition coefficient (Wildman–Crippen LogP) is 2.19. The number of nitrogens with one attached hydrogen (secondary N) is 2. The molecule has 2 saturated heterocycles. The molecule has 1 unspecified atom stereocenters. The lowest BCUT2D eigenvalue weighted by molar-refractivity contribution is -0.125. The number of halogens is 1. The van der Waals surface area contributed by atoms with E-state index in [2.05, 4.69) is 28.7 Å². The van der Waals surface area contributed by atoms with Crippen molar-refractivity contribution in [3.8, 4) is 5.75 Å². The van der Waals surface area contributed by atoms with Gasteiger partial charge in [-0.1, -0.05) is 12.1 Å². The predicted molar refractivity (Wildman–Crippen MR) is 117 cm³/mol. The van der Waals surface area contributed by atoms with Crippen molar-refractivity contribution in [1.29, 1.82) is 0 Å². The van der Waals surface area contributed by atoms with Gasteiger partial charge in [-0.2, -0.15) is 5.10 Å². The van der Waals surface area contributed by atoms with Crippen molar-refractivity contribution in [2.75, 3.05) is 32.9 Å². The van der Waals surface area contributed by atoms with E-state index in [1.807, 2.05) is 31.6 Å². The molecule has 1 aromatic heterocycles. The van der Waals surface area contributed by atoms with Crippen LogP contribution in [0.3, 0.4) is 0 Å². The van der Waals surface area contributed by atoms with Gasteiger partial charge >= 0.3 is 0 Å². The SMILES string of the molecule is Cc1ccc(CNC(=O)[C@H]2CNC[C@@H]2c2cnn(C)c2)c(OCC2CCOC2)c1.Cl. The van der Waals surface area contributed by atoms with Crippen LogP contribution in [0.2, 0.25) is 0 Å². The van der Waals surface area contributed by atoms with Gasteiger partial charge in [-0.3, -0.25) is 9.48 Å². The van der Waals surface area contributed by atoms with Crippen molar-refractivity contribution in [2.24, 2.45) is 18.9 Å². The summed E-state index contributed by atoms with van der Waals surface area (Å²) < 4.78 is 13.3. The topological polar surface area (TPSA) is 77.4 Å². The number of hydrogen-bond acceptors (Lipinski definition) is 5. The molecule has 3 heterocycles. The molecular weight excluding hydrogens is 404 g/mol. The van der Waals surface area contributed by atoms with Gasteiger partial charge in [-0.15, -0.1) is 12.4 Å². The van der Waals surface area contributed by atoms with Gasteiger partial charge in [-0.05, 0) is 30.5 Å². The van der Waals surface area contributed by atoms with E-state index in [1.165, 1.54) is 0 Å². The second-order valence-corrected chi connectivity index (χ2v) is 8.19. The minimum Gasteiger partial charge on any atom is -0.493 e. The Bertz CT molecular complexity index is 851. The number of rotatable bonds is 7. The average molecular weight is 435 g/mol. The van der Waals surface area contributed by atoms with Crippen molar-refractivity contribution in [3.05, 3.63) is 47.3 Å². The summed E-state index contributed by atoms with van der Waals surface area (Å²) in [4.78, 5) is 12.9. The van der Waals surface area contributed by atoms with Crippen molar-refractivity contribution < 1.29 is 14.3 Å². The summed E-state index contributed by atoms with van der Waals surface area (Å²) in [6, 6.07) is 6.15. The first-order chi connectivity index (χ1) is 14.1. The Balaban J connectivity index is 0.00000256. The number of benzene rings is 1. The Labute approximate surface area is 183 Å². The standard InChI is InChI=1S/C22H30N4O3.ClH/c1-15-3-4-17(21(7-15)29-14-16-5-6-28-13-16)8-24-22(27)20-11-23-10-19(20)18-9-25-26(2)12-18;/h3-4,7,9,12,16,19-20,23H,5-6,8,10-11,13-14H2,1-2H3,(H,24,27);1H/t16?,19-,20+;/m1./s1. The van der Waals surface area contributed by atoms with Crippen LogP contribution < -0.4 is 15.4 Å². The van der Waals surface area contributed by atoms with Crippen LogP contribution in [0.15, 0.2) is 30.6 Å². The van der Waals surface area contributed by atoms with E-state index < -0.39 is 0 Å². The van der Waals surface area contributed by atoms with Crippen LogP contribution >= 0.6 is 12.4 Å². The molecule has 0 spiro atoms. The van der Waals surface area contributed by atoms with Gasteiger partial charge in [0.25, 0.3) is 0 Å². The minimum absolute atomic E-state index is 0. The van der Waals surface area contributed by atoms with Crippen LogP contribution in [0.25, 0.3) is 0 Å². The summed E-state index contributed by atoms with van der Waals surface area (Å²) in [7, 11) is 1.90. The molecule has 2 aromatic rings. The third-order valence-corrected chi connectivity index (χ3v) is 5.88. The van der Waals surface area contributed by atoms with Crippen molar-refractivity contribution in [1.82, 2.24) is 20.4 Å². The summed E-state index contributed by atoms with van der Waals surface area (Å²) in [5.74, 6) is 1.43. The number of carbonyl (C=O) groups excluding carboxylic acids is 1. The molecule has 0 radical (unpaired) electrons. The molecule has 7 nitrogen and oxygen atoms in total. The summed E-state index contributed by atoms with van der Waals surface area (Å²) in [6.45, 7) is 6.24. The molecular formula is C22H31ClN4O3. The molecule has 8 heteroatoms. The first-order valence-electron chi connectivity index (χ1n) is 10.4. The maximum atomic E-state index is 12.9. The zero-order chi connectivity index (χ0) is 20.2. The Morgan fingerprint density at radius 1 is 1.40 bits per heavy atom. The lowest BCUT2D eigenvalue weighted by Gasteiger charge is -2.19. The lowest BCUT2D eigenvalue weighted by Crippen LogP contribution is -2.34. The number of carbonyl (C=O) groups is 1. The highest BCUT2D eigenvalue weighted by Gasteiger charge is 2.34. The Morgan fingerprint density at radius 3 is 3.00 bits per heavy atom. The first kappa shape index (κ1) is 22.6. The van der Waals surface area contributed by atoms with E-state index in [9.17, 15) is 4.79 Å². The zero-order valence-electron chi connectivity index (χ0n) is 17.6. The van der Waals surface area contributed by atoms with Crippen molar-refractivity contribution in [2.45, 2.75) is 25.8 Å². The molecule has 164 valence electrons. The van der Waals surface area contributed by atoms with Gasteiger partial charge < -0.3 is 20.1 Å². The fourth-order valence-corrected chi connectivity index (χ4v) is 4.11. The second kappa shape index (κ2) is 10.3. The van der Waals surface area contributed by atoms with Gasteiger partial charge in [-0.25, -0.2) is 0 Å². The van der Waals surface area contributed by atoms with Gasteiger partial charge in [0.2, 0.25) is 5.91 Å². The Kier molecular flexibility index (Phi) is 7.75. The number of aromatic nitrogens is 2. The fourth-order valence-electron chi connectivity index (χ4n) is 4.11. The smallest absolute Gasteiger partial charge is 0.225 e. The van der Waals surface area contributed by atoms with E-state index in [4.69, 9.17) is 9.47 Å². The van der Waals surface area contributed by atoms with Crippen molar-refractivity contribution >= 4 is 18.3 Å². The highest BCUT2D eigenvalue weighted by atomic mass is 35.5. The molecule has 2 N–H and O–H groups in total. The van der Waals surface area contributed by atoms with Crippen LogP contribution in [0.5, 0.6) is 5.75 Å². The first-order valence-corrected chi connectivity index (χ1v) is 10.4. The molecule has 1 amide bonds. The highest BCUT2D eigenvalue weighted by Crippen LogP contribution is 2.28. The molecule has 0 saturated carbocycles. The van der Waals surface area contributed by atoms with Crippen LogP contribution in [0, 0.1) is 18.8 Å². The van der Waals surface area contributed by atoms with E-state index in [1.54, 1.807) is 4.68 Å². The van der Waals surface area contributed by atoms with E-state index in [-0.39, 0.29) is 30.2 Å². The molecule has 2 aliphatic heterocycles. The molecule has 1 aromatic carbocycles. The van der Waals surface area contributed by atoms with E-state index in [0.29, 0.717) is 25.6 Å². The molecule has 30 heavy (non-hydrogen) atoms. The molecule has 3 atom stereocenters. The highest BCUT2D eigenvalue weighted by molar-refractivity contribution is 5.85. The summed E-state index contributed by atoms with van der Waals surface area (Å²) in [5.41, 5.74) is 3.26. The Morgan fingerprint density at radius 2 is 2.27 bits per heavy atom. The van der Waals surface area contributed by atoms with E-state index in [0.717, 1.165) is 48.6 Å². The number of nitrogens with zero attached hydrogens (tertiary/aromatic N) is 2. The van der Waals surface area contributed by atoms with Gasteiger partial charge in [0.05, 0.1) is 25.3 Å². The second-order valence-electron chi connectivity index (χ2n) is 8.19. The number of hydrogen-bond donors (Lipinski definition) is 2. The summed E-state index contributed by atoms with van der Waals surface area (Å²) in [5, 5.41) is 10.7. The van der Waals surface area contributed by atoms with Gasteiger partial charge in [0.1, 0.15) is 5.75 Å². The molecule has 2 aliphatic rings. The molecule has 4 rings (SSSR count). The van der Waals surface area contributed by atoms with Crippen LogP contribution in [-0.4, -0.2) is 48.6 Å². The fraction of sp³-hybridized carbons (Fsp3) is 0.545. The van der Waals surface area contributed by atoms with Crippen LogP contribution in [0.1, 0.15) is 29.0 Å². The third kappa shape index (κ3) is 5.33. The van der Waals surface area contributed by atoms with Gasteiger partial charge in [0, 0.05) is 56.9 Å². The van der Waals surface area contributed by atoms with E-state index >= 15 is 0 Å². The summed E-state index contributed by atoms with van der Waals surface area (Å²) >= 11 is 0. The largest absolute Gasteiger partial charge is 0.493 e. The van der Waals surface area contributed by atoms with Crippen molar-refractivity contribution in [3.63, 3.8) is 0 Å². The molecule has 2 fully saturated rings. The maximum absolute atomic E-state index is 12.9. The van der Waals surface area contributed by atoms with Crippen LogP contribution in [0.4, 0.5) is 0 Å². The quantitative estimate of drug-likeness (QED) is 0.698. The maximum Gasteiger partial charge on any atom is 0.225 e. The monoisotopic (exact) mass is 434 g/mol. The summed E-state index contributed by atoms with van der Waals surface area (Å²) in [6.07, 6.45) is 4.90. The minimum atomic E-state index is -0.0929. The molecule has 0 bridgehead atoms. The average Bonchev–Trinajstić information content (AvgIpc) is 3.46. The van der Waals surface area contributed by atoms with Crippen LogP contribution in [-0.2, 0) is 23.1 Å². The lowest BCUT2D eigenvalue weighted by atomic mass is 9.90. The third-order valence-electron chi connectivity index (χ3n) is 5.88. The number of amides is 1. The molecule has 0 aliphatic carbocycles. The van der Waals surface area contributed by atoms with Gasteiger partial charge in [0.15, 0.2) is 0 Å². The number of ether oxygens (including phenoxy) is 2. The zero-order valence-corrected chi connectivity index (χ0v) is 18.4. The normalized spacial score (nSPS) is 23.2.